The number of nitrogens with one attached hydrogen (secondary N) is 1. The van der Waals surface area contributed by atoms with Gasteiger partial charge in [-0.15, -0.1) is 0 Å². The molecule has 0 aliphatic carbocycles. The normalized spacial score (nSPS) is 20.5. The highest BCUT2D eigenvalue weighted by Gasteiger charge is 2.42. The van der Waals surface area contributed by atoms with E-state index >= 15 is 0 Å². The van der Waals surface area contributed by atoms with Gasteiger partial charge >= 0.3 is 6.18 Å². The summed E-state index contributed by atoms with van der Waals surface area (Å²) in [6, 6.07) is 9.74. The minimum Gasteiger partial charge on any atom is -0.383 e. The highest BCUT2D eigenvalue weighted by Crippen LogP contribution is 2.40. The van der Waals surface area contributed by atoms with Crippen LogP contribution in [-0.2, 0) is 22.1 Å². The first-order chi connectivity index (χ1) is 15.3. The summed E-state index contributed by atoms with van der Waals surface area (Å²) >= 11 is 0. The second-order valence-corrected chi connectivity index (χ2v) is 8.12. The van der Waals surface area contributed by atoms with E-state index in [0.29, 0.717) is 38.3 Å². The molecule has 1 fully saturated rings. The van der Waals surface area contributed by atoms with Crippen LogP contribution in [0, 0.1) is 11.7 Å². The molecule has 1 saturated heterocycles. The zero-order valence-electron chi connectivity index (χ0n) is 17.7. The van der Waals surface area contributed by atoms with E-state index in [0.717, 1.165) is 23.5 Å². The number of alkyl halides is 3. The Balaban J connectivity index is 1.64. The monoisotopic (exact) mass is 451 g/mol. The van der Waals surface area contributed by atoms with E-state index in [2.05, 4.69) is 10.2 Å². The standard InChI is InChI=1S/C23H25F4N3O2/c1-32-11-8-28-22(31)19-13-15-12-16(23(25,26)27)2-7-20(15)30-10-9-29(14-21(19)30)18-5-3-17(24)4-6-18/h2-7,12,19,21H,8-11,13-14H2,1H3,(H,28,31)/t19-,21-/m0/s1. The number of carbonyl (C=O) groups is 1. The predicted molar refractivity (Wildman–Crippen MR) is 113 cm³/mol. The fourth-order valence-electron chi connectivity index (χ4n) is 4.59. The number of halogens is 4. The van der Waals surface area contributed by atoms with Crippen molar-refractivity contribution in [3.05, 3.63) is 59.4 Å². The van der Waals surface area contributed by atoms with Crippen LogP contribution in [0.3, 0.4) is 0 Å². The van der Waals surface area contributed by atoms with E-state index in [4.69, 9.17) is 4.74 Å². The highest BCUT2D eigenvalue weighted by molar-refractivity contribution is 5.82. The minimum absolute atomic E-state index is 0.207. The molecule has 0 radical (unpaired) electrons. The molecule has 0 saturated carbocycles. The number of amides is 1. The molecule has 172 valence electrons. The van der Waals surface area contributed by atoms with Crippen LogP contribution in [0.4, 0.5) is 28.9 Å². The van der Waals surface area contributed by atoms with Gasteiger partial charge in [0.15, 0.2) is 0 Å². The van der Waals surface area contributed by atoms with Crippen LogP contribution in [0.1, 0.15) is 11.1 Å². The molecule has 0 spiro atoms. The second kappa shape index (κ2) is 8.97. The Kier molecular flexibility index (Phi) is 6.28. The Morgan fingerprint density at radius 1 is 1.16 bits per heavy atom. The van der Waals surface area contributed by atoms with Gasteiger partial charge in [0.2, 0.25) is 5.91 Å². The van der Waals surface area contributed by atoms with Gasteiger partial charge in [-0.05, 0) is 54.4 Å². The molecule has 32 heavy (non-hydrogen) atoms. The number of fused-ring (bicyclic) bond motifs is 3. The number of anilines is 2. The summed E-state index contributed by atoms with van der Waals surface area (Å²) < 4.78 is 58.2. The van der Waals surface area contributed by atoms with Gasteiger partial charge in [0.25, 0.3) is 0 Å². The minimum atomic E-state index is -4.44. The van der Waals surface area contributed by atoms with Crippen LogP contribution in [0.5, 0.6) is 0 Å². The SMILES string of the molecule is COCCNC(=O)[C@H]1Cc2cc(C(F)(F)F)ccc2N2CCN(c3ccc(F)cc3)C[C@@H]12. The number of piperazine rings is 1. The Morgan fingerprint density at radius 2 is 1.91 bits per heavy atom. The lowest BCUT2D eigenvalue weighted by Gasteiger charge is -2.49. The van der Waals surface area contributed by atoms with E-state index in [1.165, 1.54) is 25.3 Å². The zero-order valence-corrected chi connectivity index (χ0v) is 17.7. The van der Waals surface area contributed by atoms with Crippen molar-refractivity contribution < 1.29 is 27.1 Å². The number of ether oxygens (including phenoxy) is 1. The lowest BCUT2D eigenvalue weighted by molar-refractivity contribution is -0.137. The lowest BCUT2D eigenvalue weighted by Crippen LogP contribution is -2.61. The number of hydrogen-bond acceptors (Lipinski definition) is 4. The summed E-state index contributed by atoms with van der Waals surface area (Å²) in [7, 11) is 1.53. The average molecular weight is 451 g/mol. The van der Waals surface area contributed by atoms with Crippen LogP contribution >= 0.6 is 0 Å². The van der Waals surface area contributed by atoms with Crippen LogP contribution in [0.15, 0.2) is 42.5 Å². The molecular formula is C23H25F4N3O2. The van der Waals surface area contributed by atoms with Gasteiger partial charge in [-0.2, -0.15) is 13.2 Å². The Bertz CT molecular complexity index is 965. The number of nitrogens with zero attached hydrogens (tertiary/aromatic N) is 2. The van der Waals surface area contributed by atoms with E-state index in [9.17, 15) is 22.4 Å². The average Bonchev–Trinajstić information content (AvgIpc) is 2.77. The van der Waals surface area contributed by atoms with Crippen LogP contribution in [0.2, 0.25) is 0 Å². The molecule has 0 bridgehead atoms. The first-order valence-corrected chi connectivity index (χ1v) is 10.5. The third-order valence-corrected chi connectivity index (χ3v) is 6.17. The maximum Gasteiger partial charge on any atom is 0.416 e. The number of hydrogen-bond donors (Lipinski definition) is 1. The first kappa shape index (κ1) is 22.4. The molecular weight excluding hydrogens is 426 g/mol. The van der Waals surface area contributed by atoms with Gasteiger partial charge in [0.1, 0.15) is 5.82 Å². The summed E-state index contributed by atoms with van der Waals surface area (Å²) in [5.41, 5.74) is 1.40. The fourth-order valence-corrected chi connectivity index (χ4v) is 4.59. The Hall–Kier alpha value is -2.81. The molecule has 1 N–H and O–H groups in total. The highest BCUT2D eigenvalue weighted by atomic mass is 19.4. The summed E-state index contributed by atoms with van der Waals surface area (Å²) in [6.07, 6.45) is -4.22. The fraction of sp³-hybridized carbons (Fsp3) is 0.435. The molecule has 5 nitrogen and oxygen atoms in total. The number of rotatable bonds is 5. The van der Waals surface area contributed by atoms with Gasteiger partial charge in [-0.1, -0.05) is 0 Å². The topological polar surface area (TPSA) is 44.8 Å². The van der Waals surface area contributed by atoms with Crippen molar-refractivity contribution in [2.24, 2.45) is 5.92 Å². The zero-order chi connectivity index (χ0) is 22.9. The molecule has 0 aromatic heterocycles. The molecule has 4 rings (SSSR count). The molecule has 2 aromatic carbocycles. The predicted octanol–water partition coefficient (Wildman–Crippen LogP) is 3.47. The molecule has 2 aromatic rings. The third-order valence-electron chi connectivity index (χ3n) is 6.17. The van der Waals surface area contributed by atoms with Gasteiger partial charge in [0.05, 0.1) is 24.1 Å². The largest absolute Gasteiger partial charge is 0.416 e. The smallest absolute Gasteiger partial charge is 0.383 e. The van der Waals surface area contributed by atoms with Crippen molar-refractivity contribution in [3.63, 3.8) is 0 Å². The molecule has 2 atom stereocenters. The Morgan fingerprint density at radius 3 is 2.59 bits per heavy atom. The quantitative estimate of drug-likeness (QED) is 0.559. The van der Waals surface area contributed by atoms with Gasteiger partial charge in [0, 0.05) is 44.7 Å². The van der Waals surface area contributed by atoms with Crippen LogP contribution in [-0.4, -0.2) is 51.8 Å². The van der Waals surface area contributed by atoms with Gasteiger partial charge in [-0.3, -0.25) is 4.79 Å². The van der Waals surface area contributed by atoms with Crippen molar-refractivity contribution in [1.29, 1.82) is 0 Å². The molecule has 1 amide bonds. The van der Waals surface area contributed by atoms with Crippen LogP contribution in [0.25, 0.3) is 0 Å². The summed E-state index contributed by atoms with van der Waals surface area (Å²) in [6.45, 7) is 2.34. The first-order valence-electron chi connectivity index (χ1n) is 10.5. The van der Waals surface area contributed by atoms with Crippen molar-refractivity contribution >= 4 is 17.3 Å². The maximum atomic E-state index is 13.3. The lowest BCUT2D eigenvalue weighted by atomic mass is 9.82. The van der Waals surface area contributed by atoms with Crippen molar-refractivity contribution in [2.75, 3.05) is 49.7 Å². The molecule has 9 heteroatoms. The summed E-state index contributed by atoms with van der Waals surface area (Å²) in [5.74, 6) is -1.05. The summed E-state index contributed by atoms with van der Waals surface area (Å²) in [5, 5.41) is 2.84. The number of benzene rings is 2. The summed E-state index contributed by atoms with van der Waals surface area (Å²) in [4.78, 5) is 17.2. The molecule has 2 heterocycles. The Labute approximate surface area is 183 Å². The van der Waals surface area contributed by atoms with Crippen molar-refractivity contribution in [2.45, 2.75) is 18.6 Å². The van der Waals surface area contributed by atoms with Gasteiger partial charge < -0.3 is 19.9 Å². The molecule has 0 unspecified atom stereocenters. The number of carbonyl (C=O) groups excluding carboxylic acids is 1. The van der Waals surface area contributed by atoms with Crippen molar-refractivity contribution in [1.82, 2.24) is 5.32 Å². The van der Waals surface area contributed by atoms with E-state index in [-0.39, 0.29) is 24.2 Å². The second-order valence-electron chi connectivity index (χ2n) is 8.12. The molecule has 2 aliphatic heterocycles. The number of methoxy groups -OCH3 is 1. The maximum absolute atomic E-state index is 13.3. The van der Waals surface area contributed by atoms with Crippen LogP contribution < -0.4 is 15.1 Å². The molecule has 2 aliphatic rings. The third kappa shape index (κ3) is 4.53. The van der Waals surface area contributed by atoms with E-state index < -0.39 is 17.7 Å². The van der Waals surface area contributed by atoms with Crippen molar-refractivity contribution in [3.8, 4) is 0 Å². The van der Waals surface area contributed by atoms with E-state index in [1.54, 1.807) is 12.1 Å². The van der Waals surface area contributed by atoms with Gasteiger partial charge in [-0.25, -0.2) is 4.39 Å². The van der Waals surface area contributed by atoms with E-state index in [1.807, 2.05) is 4.90 Å².